The summed E-state index contributed by atoms with van der Waals surface area (Å²) in [4.78, 5) is 4.22. The number of fused-ring (bicyclic) bond motifs is 1. The summed E-state index contributed by atoms with van der Waals surface area (Å²) in [5.74, 6) is 1.89. The number of pyridine rings is 1. The zero-order valence-corrected chi connectivity index (χ0v) is 10.5. The van der Waals surface area contributed by atoms with Gasteiger partial charge in [0.15, 0.2) is 11.5 Å². The van der Waals surface area contributed by atoms with Crippen molar-refractivity contribution in [3.63, 3.8) is 0 Å². The van der Waals surface area contributed by atoms with E-state index in [1.165, 1.54) is 0 Å². The average molecular weight is 254 g/mol. The number of ether oxygens (including phenoxy) is 3. The molecule has 0 saturated carbocycles. The van der Waals surface area contributed by atoms with Crippen LogP contribution in [0.1, 0.15) is 0 Å². The molecule has 0 spiro atoms. The second kappa shape index (κ2) is 4.67. The molecular weight excluding hydrogens is 242 g/mol. The fourth-order valence-corrected chi connectivity index (χ4v) is 1.85. The molecule has 0 atom stereocenters. The molecule has 0 fully saturated rings. The average Bonchev–Trinajstić information content (AvgIpc) is 2.35. The van der Waals surface area contributed by atoms with Crippen LogP contribution < -0.4 is 14.2 Å². The molecule has 0 saturated heterocycles. The number of nitrogens with zero attached hydrogens (tertiary/aromatic N) is 1. The minimum Gasteiger partial charge on any atom is -0.496 e. The molecule has 0 aliphatic carbocycles. The summed E-state index contributed by atoms with van der Waals surface area (Å²) >= 11 is 5.91. The second-order valence-electron chi connectivity index (χ2n) is 3.37. The summed E-state index contributed by atoms with van der Waals surface area (Å²) in [7, 11) is 4.74. The summed E-state index contributed by atoms with van der Waals surface area (Å²) in [6.45, 7) is 0. The van der Waals surface area contributed by atoms with Gasteiger partial charge in [-0.1, -0.05) is 11.6 Å². The molecule has 17 heavy (non-hydrogen) atoms. The van der Waals surface area contributed by atoms with Crippen LogP contribution >= 0.6 is 11.6 Å². The Kier molecular flexibility index (Phi) is 3.24. The van der Waals surface area contributed by atoms with Crippen molar-refractivity contribution < 1.29 is 14.2 Å². The van der Waals surface area contributed by atoms with Crippen LogP contribution in [-0.2, 0) is 0 Å². The lowest BCUT2D eigenvalue weighted by Crippen LogP contribution is -1.93. The first-order valence-corrected chi connectivity index (χ1v) is 5.33. The van der Waals surface area contributed by atoms with Crippen molar-refractivity contribution in [3.8, 4) is 17.2 Å². The van der Waals surface area contributed by atoms with Gasteiger partial charge in [0.05, 0.1) is 26.8 Å². The van der Waals surface area contributed by atoms with Crippen LogP contribution in [0.15, 0.2) is 18.2 Å². The van der Waals surface area contributed by atoms with Crippen molar-refractivity contribution >= 4 is 22.5 Å². The number of methoxy groups -OCH3 is 3. The smallest absolute Gasteiger partial charge is 0.162 e. The van der Waals surface area contributed by atoms with Gasteiger partial charge >= 0.3 is 0 Å². The largest absolute Gasteiger partial charge is 0.496 e. The Bertz CT molecular complexity index is 557. The lowest BCUT2D eigenvalue weighted by atomic mass is 10.2. The van der Waals surface area contributed by atoms with Crippen LogP contribution in [0.5, 0.6) is 17.2 Å². The molecule has 2 aromatic rings. The molecule has 0 unspecified atom stereocenters. The van der Waals surface area contributed by atoms with Crippen molar-refractivity contribution in [3.05, 3.63) is 23.4 Å². The first-order chi connectivity index (χ1) is 8.19. The van der Waals surface area contributed by atoms with Crippen molar-refractivity contribution in [2.24, 2.45) is 0 Å². The lowest BCUT2D eigenvalue weighted by Gasteiger charge is -2.11. The van der Waals surface area contributed by atoms with Crippen LogP contribution in [0, 0.1) is 0 Å². The number of aromatic nitrogens is 1. The van der Waals surface area contributed by atoms with E-state index in [-0.39, 0.29) is 0 Å². The van der Waals surface area contributed by atoms with Gasteiger partial charge in [-0.15, -0.1) is 0 Å². The van der Waals surface area contributed by atoms with E-state index in [2.05, 4.69) is 4.98 Å². The molecule has 0 N–H and O–H groups in total. The van der Waals surface area contributed by atoms with E-state index in [4.69, 9.17) is 25.8 Å². The number of halogens is 1. The summed E-state index contributed by atoms with van der Waals surface area (Å²) < 4.78 is 15.7. The number of hydrogen-bond donors (Lipinski definition) is 0. The fraction of sp³-hybridized carbons (Fsp3) is 0.250. The van der Waals surface area contributed by atoms with Crippen LogP contribution in [0.4, 0.5) is 0 Å². The van der Waals surface area contributed by atoms with E-state index in [0.717, 1.165) is 5.39 Å². The van der Waals surface area contributed by atoms with Crippen molar-refractivity contribution in [2.75, 3.05) is 21.3 Å². The minimum absolute atomic E-state index is 0.376. The molecule has 2 rings (SSSR count). The molecule has 1 aromatic carbocycles. The normalized spacial score (nSPS) is 10.4. The maximum atomic E-state index is 5.91. The van der Waals surface area contributed by atoms with E-state index in [1.807, 2.05) is 6.07 Å². The third-order valence-electron chi connectivity index (χ3n) is 2.46. The monoisotopic (exact) mass is 253 g/mol. The van der Waals surface area contributed by atoms with Crippen LogP contribution in [-0.4, -0.2) is 26.3 Å². The van der Waals surface area contributed by atoms with Crippen LogP contribution in [0.3, 0.4) is 0 Å². The number of benzene rings is 1. The Balaban J connectivity index is 2.77. The highest BCUT2D eigenvalue weighted by Crippen LogP contribution is 2.36. The van der Waals surface area contributed by atoms with Gasteiger partial charge in [-0.25, -0.2) is 4.98 Å². The van der Waals surface area contributed by atoms with E-state index >= 15 is 0 Å². The second-order valence-corrected chi connectivity index (χ2v) is 3.76. The lowest BCUT2D eigenvalue weighted by molar-refractivity contribution is 0.355. The molecule has 1 aromatic heterocycles. The molecule has 0 radical (unpaired) electrons. The highest BCUT2D eigenvalue weighted by Gasteiger charge is 2.11. The van der Waals surface area contributed by atoms with Crippen molar-refractivity contribution in [1.29, 1.82) is 0 Å². The first kappa shape index (κ1) is 11.8. The van der Waals surface area contributed by atoms with Gasteiger partial charge in [0.2, 0.25) is 0 Å². The number of rotatable bonds is 3. The molecule has 90 valence electrons. The zero-order chi connectivity index (χ0) is 12.4. The first-order valence-electron chi connectivity index (χ1n) is 4.96. The predicted molar refractivity (Wildman–Crippen MR) is 66.4 cm³/mol. The van der Waals surface area contributed by atoms with Gasteiger partial charge in [0.25, 0.3) is 0 Å². The Hall–Kier alpha value is -1.68. The van der Waals surface area contributed by atoms with Gasteiger partial charge in [-0.05, 0) is 6.07 Å². The Morgan fingerprint density at radius 2 is 1.47 bits per heavy atom. The SMILES string of the molecule is COc1cc2nc(Cl)cc(OC)c2cc1OC. The highest BCUT2D eigenvalue weighted by molar-refractivity contribution is 6.30. The van der Waals surface area contributed by atoms with Gasteiger partial charge < -0.3 is 14.2 Å². The molecule has 0 aliphatic heterocycles. The van der Waals surface area contributed by atoms with Gasteiger partial charge in [-0.2, -0.15) is 0 Å². The fourth-order valence-electron chi connectivity index (χ4n) is 1.66. The van der Waals surface area contributed by atoms with E-state index in [0.29, 0.717) is 27.9 Å². The maximum absolute atomic E-state index is 5.91. The Morgan fingerprint density at radius 3 is 2.06 bits per heavy atom. The summed E-state index contributed by atoms with van der Waals surface area (Å²) in [6, 6.07) is 5.24. The van der Waals surface area contributed by atoms with Crippen LogP contribution in [0.25, 0.3) is 10.9 Å². The molecule has 0 amide bonds. The third-order valence-corrected chi connectivity index (χ3v) is 2.66. The molecule has 4 nitrogen and oxygen atoms in total. The molecule has 5 heteroatoms. The minimum atomic E-state index is 0.376. The van der Waals surface area contributed by atoms with Crippen molar-refractivity contribution in [1.82, 2.24) is 4.98 Å². The summed E-state index contributed by atoms with van der Waals surface area (Å²) in [6.07, 6.45) is 0. The third kappa shape index (κ3) is 2.08. The standard InChI is InChI=1S/C12H12ClNO3/c1-15-9-6-12(13)14-8-5-11(17-3)10(16-2)4-7(8)9/h4-6H,1-3H3. The Morgan fingerprint density at radius 1 is 0.882 bits per heavy atom. The van der Waals surface area contributed by atoms with E-state index < -0.39 is 0 Å². The Labute approximate surface area is 104 Å². The highest BCUT2D eigenvalue weighted by atomic mass is 35.5. The van der Waals surface area contributed by atoms with Gasteiger partial charge in [-0.3, -0.25) is 0 Å². The summed E-state index contributed by atoms with van der Waals surface area (Å²) in [5, 5.41) is 1.20. The van der Waals surface area contributed by atoms with E-state index in [9.17, 15) is 0 Å². The zero-order valence-electron chi connectivity index (χ0n) is 9.78. The molecule has 0 bridgehead atoms. The molecule has 1 heterocycles. The molecule has 0 aliphatic rings. The maximum Gasteiger partial charge on any atom is 0.162 e. The topological polar surface area (TPSA) is 40.6 Å². The number of hydrogen-bond acceptors (Lipinski definition) is 4. The molecular formula is C12H12ClNO3. The van der Waals surface area contributed by atoms with Crippen LogP contribution in [0.2, 0.25) is 5.15 Å². The van der Waals surface area contributed by atoms with Gasteiger partial charge in [0, 0.05) is 17.5 Å². The van der Waals surface area contributed by atoms with Crippen molar-refractivity contribution in [2.45, 2.75) is 0 Å². The van der Waals surface area contributed by atoms with E-state index in [1.54, 1.807) is 33.5 Å². The predicted octanol–water partition coefficient (Wildman–Crippen LogP) is 2.91. The summed E-state index contributed by atoms with van der Waals surface area (Å²) in [5.41, 5.74) is 0.701. The van der Waals surface area contributed by atoms with Gasteiger partial charge in [0.1, 0.15) is 10.9 Å². The quantitative estimate of drug-likeness (QED) is 0.789.